The first-order valence-electron chi connectivity index (χ1n) is 18.6. The fraction of sp³-hybridized carbons (Fsp3) is 0.0816. The molecule has 0 saturated heterocycles. The zero-order chi connectivity index (χ0) is 38.3. The SMILES string of the molecule is Cc1ccc(-c2c3nc(c(-c4ccc(C)cc4)c4ccc([nH]4)c(-c4ccc(NC(=O)CBr)cc4)c4nc(c(-c5ccc(C)cc5)c5ccc2[nH]5)C=C4)C=C3)cc1. The number of hydrogen-bond donors (Lipinski definition) is 3. The van der Waals surface area contributed by atoms with E-state index in [0.717, 1.165) is 95.0 Å². The van der Waals surface area contributed by atoms with Gasteiger partial charge in [0.15, 0.2) is 0 Å². The highest BCUT2D eigenvalue weighted by atomic mass is 79.9. The van der Waals surface area contributed by atoms with Gasteiger partial charge < -0.3 is 15.3 Å². The van der Waals surface area contributed by atoms with Crippen molar-refractivity contribution < 1.29 is 4.79 Å². The highest BCUT2D eigenvalue weighted by molar-refractivity contribution is 9.09. The number of H-pyrrole nitrogens is 2. The molecule has 1 amide bonds. The molecule has 3 aromatic heterocycles. The van der Waals surface area contributed by atoms with Crippen LogP contribution in [-0.4, -0.2) is 31.2 Å². The Morgan fingerprint density at radius 2 is 0.750 bits per heavy atom. The van der Waals surface area contributed by atoms with E-state index in [4.69, 9.17) is 9.97 Å². The lowest BCUT2D eigenvalue weighted by atomic mass is 10.0. The van der Waals surface area contributed by atoms with Gasteiger partial charge in [0.2, 0.25) is 5.91 Å². The fourth-order valence-corrected chi connectivity index (χ4v) is 7.64. The van der Waals surface area contributed by atoms with E-state index in [1.807, 2.05) is 24.3 Å². The molecule has 4 aromatic carbocycles. The molecule has 272 valence electrons. The second kappa shape index (κ2) is 14.6. The largest absolute Gasteiger partial charge is 0.354 e. The first kappa shape index (κ1) is 35.2. The van der Waals surface area contributed by atoms with E-state index in [9.17, 15) is 4.79 Å². The van der Waals surface area contributed by atoms with Crippen molar-refractivity contribution in [1.29, 1.82) is 0 Å². The van der Waals surface area contributed by atoms with Crippen LogP contribution in [0, 0.1) is 20.8 Å². The Morgan fingerprint density at radius 1 is 0.464 bits per heavy atom. The third kappa shape index (κ3) is 6.71. The molecular formula is C49H38BrN5O. The Hall–Kier alpha value is -6.57. The van der Waals surface area contributed by atoms with Gasteiger partial charge in [-0.25, -0.2) is 9.97 Å². The van der Waals surface area contributed by atoms with Crippen molar-refractivity contribution in [2.75, 3.05) is 10.6 Å². The van der Waals surface area contributed by atoms with E-state index in [2.05, 4.69) is 173 Å². The average molecular weight is 793 g/mol. The standard InChI is InChI=1S/C49H38BrN5O/c1-29-4-10-32(11-5-29)46-37-20-22-39(52-37)47(33-12-6-30(2)7-13-33)41-24-26-43(54-41)49(35-16-18-36(19-17-35)51-45(56)28-50)44-27-25-42(55-44)48(40-23-21-38(46)53-40)34-14-8-31(3)9-15-34/h4-27,52,55H,28H2,1-3H3,(H,51,56). The number of fused-ring (bicyclic) bond motifs is 8. The van der Waals surface area contributed by atoms with E-state index in [1.165, 1.54) is 16.7 Å². The van der Waals surface area contributed by atoms with Gasteiger partial charge in [-0.15, -0.1) is 0 Å². The molecule has 7 heteroatoms. The molecule has 0 unspecified atom stereocenters. The number of benzene rings is 4. The molecule has 2 aliphatic rings. The quantitative estimate of drug-likeness (QED) is 0.147. The van der Waals surface area contributed by atoms with E-state index in [0.29, 0.717) is 0 Å². The normalized spacial score (nSPS) is 11.9. The number of nitrogens with zero attached hydrogens (tertiary/aromatic N) is 2. The molecule has 0 saturated carbocycles. The molecule has 5 heterocycles. The maximum absolute atomic E-state index is 12.2. The molecule has 0 fully saturated rings. The minimum absolute atomic E-state index is 0.106. The Kier molecular flexibility index (Phi) is 9.15. The predicted octanol–water partition coefficient (Wildman–Crippen LogP) is 12.6. The van der Waals surface area contributed by atoms with Gasteiger partial charge in [-0.3, -0.25) is 4.79 Å². The summed E-state index contributed by atoms with van der Waals surface area (Å²) in [4.78, 5) is 30.6. The Labute approximate surface area is 333 Å². The smallest absolute Gasteiger partial charge is 0.235 e. The number of carbonyl (C=O) groups is 1. The van der Waals surface area contributed by atoms with Crippen LogP contribution >= 0.6 is 15.9 Å². The number of amides is 1. The topological polar surface area (TPSA) is 86.5 Å². The van der Waals surface area contributed by atoms with Crippen molar-refractivity contribution in [3.63, 3.8) is 0 Å². The first-order valence-corrected chi connectivity index (χ1v) is 19.8. The monoisotopic (exact) mass is 791 g/mol. The van der Waals surface area contributed by atoms with Gasteiger partial charge >= 0.3 is 0 Å². The van der Waals surface area contributed by atoms with Gasteiger partial charge in [0.1, 0.15) is 0 Å². The molecule has 2 aliphatic heterocycles. The second-order valence-electron chi connectivity index (χ2n) is 14.4. The van der Waals surface area contributed by atoms with Crippen LogP contribution < -0.4 is 5.32 Å². The van der Waals surface area contributed by atoms with Crippen LogP contribution in [0.1, 0.15) is 39.5 Å². The van der Waals surface area contributed by atoms with Crippen LogP contribution in [0.3, 0.4) is 0 Å². The minimum atomic E-state index is -0.106. The number of carbonyl (C=O) groups excluding carboxylic acids is 1. The van der Waals surface area contributed by atoms with E-state index in [1.54, 1.807) is 0 Å². The second-order valence-corrected chi connectivity index (χ2v) is 14.9. The summed E-state index contributed by atoms with van der Waals surface area (Å²) in [5.41, 5.74) is 19.7. The minimum Gasteiger partial charge on any atom is -0.354 e. The van der Waals surface area contributed by atoms with Crippen LogP contribution in [0.5, 0.6) is 0 Å². The number of alkyl halides is 1. The average Bonchev–Trinajstić information content (AvgIpc) is 4.05. The Balaban J connectivity index is 1.42. The summed E-state index contributed by atoms with van der Waals surface area (Å²) in [6.07, 6.45) is 8.46. The van der Waals surface area contributed by atoms with Gasteiger partial charge in [0.25, 0.3) is 0 Å². The molecular weight excluding hydrogens is 754 g/mol. The summed E-state index contributed by atoms with van der Waals surface area (Å²) in [5.74, 6) is -0.106. The third-order valence-corrected chi connectivity index (χ3v) is 10.9. The molecule has 9 rings (SSSR count). The van der Waals surface area contributed by atoms with Gasteiger partial charge in [-0.2, -0.15) is 0 Å². The number of hydrogen-bond acceptors (Lipinski definition) is 3. The number of nitrogens with one attached hydrogen (secondary N) is 3. The zero-order valence-electron chi connectivity index (χ0n) is 31.2. The van der Waals surface area contributed by atoms with Crippen LogP contribution in [0.4, 0.5) is 5.69 Å². The van der Waals surface area contributed by atoms with Crippen molar-refractivity contribution in [1.82, 2.24) is 19.9 Å². The molecule has 0 atom stereocenters. The molecule has 7 aromatic rings. The summed E-state index contributed by atoms with van der Waals surface area (Å²) >= 11 is 3.25. The van der Waals surface area contributed by atoms with Gasteiger partial charge in [-0.1, -0.05) is 118 Å². The zero-order valence-corrected chi connectivity index (χ0v) is 32.8. The maximum Gasteiger partial charge on any atom is 0.235 e. The van der Waals surface area contributed by atoms with E-state index >= 15 is 0 Å². The lowest BCUT2D eigenvalue weighted by Gasteiger charge is -2.08. The van der Waals surface area contributed by atoms with E-state index in [-0.39, 0.29) is 11.2 Å². The Bertz CT molecular complexity index is 2840. The Morgan fingerprint density at radius 3 is 1.04 bits per heavy atom. The van der Waals surface area contributed by atoms with E-state index < -0.39 is 0 Å². The molecule has 6 nitrogen and oxygen atoms in total. The molecule has 3 N–H and O–H groups in total. The van der Waals surface area contributed by atoms with Crippen LogP contribution in [-0.2, 0) is 4.79 Å². The molecule has 0 aliphatic carbocycles. The molecule has 0 radical (unpaired) electrons. The van der Waals surface area contributed by atoms with Crippen molar-refractivity contribution >= 4 is 73.9 Å². The number of aromatic nitrogens is 4. The van der Waals surface area contributed by atoms with Crippen LogP contribution in [0.2, 0.25) is 0 Å². The summed E-state index contributed by atoms with van der Waals surface area (Å²) in [6.45, 7) is 6.32. The number of aryl methyl sites for hydroxylation is 3. The number of rotatable bonds is 6. The van der Waals surface area contributed by atoms with Crippen LogP contribution in [0.15, 0.2) is 121 Å². The van der Waals surface area contributed by atoms with Crippen molar-refractivity contribution in [3.8, 4) is 44.5 Å². The van der Waals surface area contributed by atoms with Crippen LogP contribution in [0.25, 0.3) is 90.9 Å². The highest BCUT2D eigenvalue weighted by Gasteiger charge is 2.19. The summed E-state index contributed by atoms with van der Waals surface area (Å²) < 4.78 is 0. The molecule has 8 bridgehead atoms. The highest BCUT2D eigenvalue weighted by Crippen LogP contribution is 2.38. The number of halogens is 1. The molecule has 0 spiro atoms. The van der Waals surface area contributed by atoms with Gasteiger partial charge in [-0.05, 0) is 104 Å². The summed E-state index contributed by atoms with van der Waals surface area (Å²) in [5, 5.41) is 3.17. The van der Waals surface area contributed by atoms with Gasteiger partial charge in [0, 0.05) is 50.0 Å². The first-order chi connectivity index (χ1) is 27.3. The summed E-state index contributed by atoms with van der Waals surface area (Å²) in [6, 6.07) is 42.4. The fourth-order valence-electron chi connectivity index (χ4n) is 7.50. The lowest BCUT2D eigenvalue weighted by molar-refractivity contribution is -0.113. The lowest BCUT2D eigenvalue weighted by Crippen LogP contribution is -2.11. The third-order valence-electron chi connectivity index (χ3n) is 10.4. The predicted molar refractivity (Wildman–Crippen MR) is 237 cm³/mol. The maximum atomic E-state index is 12.2. The van der Waals surface area contributed by atoms with Crippen molar-refractivity contribution in [2.24, 2.45) is 0 Å². The van der Waals surface area contributed by atoms with Gasteiger partial charge in [0.05, 0.1) is 28.1 Å². The van der Waals surface area contributed by atoms with Crippen molar-refractivity contribution in [3.05, 3.63) is 161 Å². The molecule has 56 heavy (non-hydrogen) atoms. The number of aromatic amines is 2. The number of anilines is 1. The van der Waals surface area contributed by atoms with Crippen molar-refractivity contribution in [2.45, 2.75) is 20.8 Å². The summed E-state index contributed by atoms with van der Waals surface area (Å²) in [7, 11) is 0.